The van der Waals surface area contributed by atoms with E-state index in [1.54, 1.807) is 18.2 Å². The molecule has 1 rings (SSSR count). The lowest BCUT2D eigenvalue weighted by Gasteiger charge is -2.25. The van der Waals surface area contributed by atoms with Crippen LogP contribution in [0, 0.1) is 0 Å². The van der Waals surface area contributed by atoms with Crippen molar-refractivity contribution >= 4 is 13.6 Å². The van der Waals surface area contributed by atoms with Crippen molar-refractivity contribution in [1.82, 2.24) is 0 Å². The maximum atomic E-state index is 11.7. The van der Waals surface area contributed by atoms with Gasteiger partial charge in [0.05, 0.1) is 6.61 Å². The van der Waals surface area contributed by atoms with E-state index in [1.165, 1.54) is 12.1 Å². The lowest BCUT2D eigenvalue weighted by molar-refractivity contribution is -0.137. The molecular formula is C11H13O6P. The molecule has 0 saturated carbocycles. The molecule has 0 radical (unpaired) electrons. The van der Waals surface area contributed by atoms with Gasteiger partial charge in [-0.2, -0.15) is 0 Å². The predicted molar refractivity (Wildman–Crippen MR) is 63.5 cm³/mol. The third-order valence-electron chi connectivity index (χ3n) is 2.29. The Morgan fingerprint density at radius 3 is 2.39 bits per heavy atom. The van der Waals surface area contributed by atoms with Gasteiger partial charge in [0.15, 0.2) is 11.4 Å². The van der Waals surface area contributed by atoms with E-state index in [0.29, 0.717) is 0 Å². The molecule has 0 spiro atoms. The van der Waals surface area contributed by atoms with E-state index in [4.69, 9.17) is 9.79 Å². The molecule has 18 heavy (non-hydrogen) atoms. The van der Waals surface area contributed by atoms with Crippen LogP contribution < -0.4 is 0 Å². The second-order valence-electron chi connectivity index (χ2n) is 3.56. The summed E-state index contributed by atoms with van der Waals surface area (Å²) in [4.78, 5) is 28.9. The van der Waals surface area contributed by atoms with Crippen LogP contribution in [0.5, 0.6) is 0 Å². The van der Waals surface area contributed by atoms with Gasteiger partial charge in [-0.3, -0.25) is 9.32 Å². The van der Waals surface area contributed by atoms with Crippen LogP contribution in [0.2, 0.25) is 0 Å². The van der Waals surface area contributed by atoms with Crippen molar-refractivity contribution < 1.29 is 28.8 Å². The van der Waals surface area contributed by atoms with E-state index < -0.39 is 25.8 Å². The zero-order valence-electron chi connectivity index (χ0n) is 9.39. The molecule has 1 atom stereocenters. The average molecular weight is 272 g/mol. The molecule has 0 saturated heterocycles. The Morgan fingerprint density at radius 2 is 1.94 bits per heavy atom. The molecule has 0 heterocycles. The van der Waals surface area contributed by atoms with E-state index in [9.17, 15) is 14.5 Å². The Labute approximate surface area is 104 Å². The number of ketones is 1. The number of phosphoric acid groups is 1. The zero-order valence-corrected chi connectivity index (χ0v) is 10.3. The largest absolute Gasteiger partial charge is 0.469 e. The zero-order chi connectivity index (χ0) is 13.8. The molecule has 0 aliphatic heterocycles. The first-order valence-electron chi connectivity index (χ1n) is 4.94. The first-order valence-corrected chi connectivity index (χ1v) is 6.47. The lowest BCUT2D eigenvalue weighted by atomic mass is 9.90. The molecule has 6 nitrogen and oxygen atoms in total. The molecule has 7 heteroatoms. The molecule has 0 amide bonds. The van der Waals surface area contributed by atoms with Gasteiger partial charge >= 0.3 is 7.82 Å². The Morgan fingerprint density at radius 1 is 1.39 bits per heavy atom. The predicted octanol–water partition coefficient (Wildman–Crippen LogP) is 0.739. The Kier molecular flexibility index (Phi) is 4.56. The number of hydrogen-bond acceptors (Lipinski definition) is 4. The summed E-state index contributed by atoms with van der Waals surface area (Å²) >= 11 is 0. The lowest BCUT2D eigenvalue weighted by Crippen LogP contribution is -2.39. The fourth-order valence-electron chi connectivity index (χ4n) is 1.36. The maximum absolute atomic E-state index is 11.7. The van der Waals surface area contributed by atoms with Crippen LogP contribution in [0.25, 0.3) is 0 Å². The summed E-state index contributed by atoms with van der Waals surface area (Å²) in [6.45, 7) is 2.38. The van der Waals surface area contributed by atoms with Crippen molar-refractivity contribution in [1.29, 1.82) is 0 Å². The number of carbonyl (C=O) groups excluding carboxylic acids is 1. The van der Waals surface area contributed by atoms with Crippen LogP contribution in [0.15, 0.2) is 43.0 Å². The van der Waals surface area contributed by atoms with Crippen LogP contribution in [0.1, 0.15) is 5.56 Å². The van der Waals surface area contributed by atoms with Crippen LogP contribution >= 0.6 is 7.82 Å². The highest BCUT2D eigenvalue weighted by Crippen LogP contribution is 2.38. The molecule has 0 bridgehead atoms. The Balaban J connectivity index is 3.08. The van der Waals surface area contributed by atoms with Gasteiger partial charge in [-0.05, 0) is 11.6 Å². The van der Waals surface area contributed by atoms with Crippen LogP contribution in [0.3, 0.4) is 0 Å². The summed E-state index contributed by atoms with van der Waals surface area (Å²) in [5, 5.41) is 10.2. The van der Waals surface area contributed by atoms with E-state index in [2.05, 4.69) is 11.1 Å². The minimum absolute atomic E-state index is 0.170. The van der Waals surface area contributed by atoms with Gasteiger partial charge in [0.2, 0.25) is 0 Å². The molecule has 1 unspecified atom stereocenters. The van der Waals surface area contributed by atoms with Gasteiger partial charge in [-0.1, -0.05) is 36.9 Å². The van der Waals surface area contributed by atoms with Gasteiger partial charge in [0.1, 0.15) is 0 Å². The number of hydrogen-bond donors (Lipinski definition) is 3. The minimum atomic E-state index is -4.78. The van der Waals surface area contributed by atoms with E-state index in [-0.39, 0.29) is 5.56 Å². The molecule has 1 aromatic carbocycles. The summed E-state index contributed by atoms with van der Waals surface area (Å²) in [7, 11) is -4.78. The summed E-state index contributed by atoms with van der Waals surface area (Å²) in [6.07, 6.45) is 0.871. The second kappa shape index (κ2) is 5.56. The highest BCUT2D eigenvalue weighted by atomic mass is 31.2. The fourth-order valence-corrected chi connectivity index (χ4v) is 1.71. The minimum Gasteiger partial charge on any atom is -0.375 e. The first kappa shape index (κ1) is 14.8. The van der Waals surface area contributed by atoms with E-state index in [0.717, 1.165) is 6.08 Å². The average Bonchev–Trinajstić information content (AvgIpc) is 2.35. The van der Waals surface area contributed by atoms with Gasteiger partial charge in [-0.15, -0.1) is 0 Å². The Bertz CT molecular complexity index is 480. The smallest absolute Gasteiger partial charge is 0.375 e. The van der Waals surface area contributed by atoms with Gasteiger partial charge in [0, 0.05) is 0 Å². The van der Waals surface area contributed by atoms with E-state index in [1.807, 2.05) is 0 Å². The third-order valence-corrected chi connectivity index (χ3v) is 2.75. The van der Waals surface area contributed by atoms with Crippen molar-refractivity contribution in [3.05, 3.63) is 48.6 Å². The standard InChI is InChI=1S/C11H13O6P/c1-2-10(12)11(13,8-17-18(14,15)16)9-6-4-3-5-7-9/h2-7,13H,1,8H2,(H2,14,15,16). The summed E-state index contributed by atoms with van der Waals surface area (Å²) < 4.78 is 14.9. The molecule has 0 aliphatic rings. The van der Waals surface area contributed by atoms with Crippen LogP contribution in [-0.4, -0.2) is 27.3 Å². The van der Waals surface area contributed by atoms with Gasteiger partial charge in [0.25, 0.3) is 0 Å². The third kappa shape index (κ3) is 3.60. The van der Waals surface area contributed by atoms with Crippen molar-refractivity contribution in [2.24, 2.45) is 0 Å². The number of rotatable bonds is 6. The Hall–Kier alpha value is -1.30. The number of phosphoric ester groups is 1. The van der Waals surface area contributed by atoms with Crippen molar-refractivity contribution in [3.63, 3.8) is 0 Å². The molecule has 3 N–H and O–H groups in total. The quantitative estimate of drug-likeness (QED) is 0.521. The fraction of sp³-hybridized carbons (Fsp3) is 0.182. The monoisotopic (exact) mass is 272 g/mol. The van der Waals surface area contributed by atoms with Gasteiger partial charge < -0.3 is 14.9 Å². The second-order valence-corrected chi connectivity index (χ2v) is 4.80. The molecular weight excluding hydrogens is 259 g/mol. The molecule has 98 valence electrons. The highest BCUT2D eigenvalue weighted by Gasteiger charge is 2.38. The summed E-state index contributed by atoms with van der Waals surface area (Å²) in [5.41, 5.74) is -1.99. The van der Waals surface area contributed by atoms with Gasteiger partial charge in [-0.25, -0.2) is 4.57 Å². The van der Waals surface area contributed by atoms with Crippen molar-refractivity contribution in [2.75, 3.05) is 6.61 Å². The van der Waals surface area contributed by atoms with Crippen molar-refractivity contribution in [2.45, 2.75) is 5.60 Å². The van der Waals surface area contributed by atoms with Crippen molar-refractivity contribution in [3.8, 4) is 0 Å². The van der Waals surface area contributed by atoms with Crippen LogP contribution in [0.4, 0.5) is 0 Å². The van der Waals surface area contributed by atoms with Crippen LogP contribution in [-0.2, 0) is 19.5 Å². The number of carbonyl (C=O) groups is 1. The first-order chi connectivity index (χ1) is 8.29. The number of benzene rings is 1. The maximum Gasteiger partial charge on any atom is 0.469 e. The molecule has 0 aliphatic carbocycles. The number of aliphatic hydroxyl groups is 1. The molecule has 0 aromatic heterocycles. The molecule has 0 fully saturated rings. The normalized spacial score (nSPS) is 14.8. The molecule has 1 aromatic rings. The summed E-state index contributed by atoms with van der Waals surface area (Å²) in [6, 6.07) is 7.73. The topological polar surface area (TPSA) is 104 Å². The van der Waals surface area contributed by atoms with E-state index >= 15 is 0 Å². The summed E-state index contributed by atoms with van der Waals surface area (Å²) in [5.74, 6) is -0.804. The SMILES string of the molecule is C=CC(=O)C(O)(COP(=O)(O)O)c1ccccc1. The highest BCUT2D eigenvalue weighted by molar-refractivity contribution is 7.46.